The Balaban J connectivity index is 1.83. The second kappa shape index (κ2) is 9.00. The SMILES string of the molecule is CC[C@@H](C)NC(=O)[C@H]1C[C@H](c2ccccc2)CN(C(=O)c2ccc(F)cc2)C1. The van der Waals surface area contributed by atoms with Gasteiger partial charge in [0, 0.05) is 30.6 Å². The van der Waals surface area contributed by atoms with Crippen molar-refractivity contribution < 1.29 is 14.0 Å². The zero-order valence-corrected chi connectivity index (χ0v) is 16.4. The summed E-state index contributed by atoms with van der Waals surface area (Å²) in [5.41, 5.74) is 1.57. The lowest BCUT2D eigenvalue weighted by Crippen LogP contribution is -2.49. The van der Waals surface area contributed by atoms with E-state index in [1.807, 2.05) is 44.2 Å². The Bertz CT molecular complexity index is 807. The number of hydrogen-bond acceptors (Lipinski definition) is 2. The molecule has 1 saturated heterocycles. The van der Waals surface area contributed by atoms with E-state index in [0.29, 0.717) is 25.1 Å². The number of amides is 2. The maximum atomic E-state index is 13.2. The highest BCUT2D eigenvalue weighted by Crippen LogP contribution is 2.31. The van der Waals surface area contributed by atoms with E-state index in [0.717, 1.165) is 12.0 Å². The standard InChI is InChI=1S/C23H27FN2O2/c1-3-16(2)25-22(27)20-13-19(17-7-5-4-6-8-17)14-26(15-20)23(28)18-9-11-21(24)12-10-18/h4-12,16,19-20H,3,13-15H2,1-2H3,(H,25,27)/t16-,19+,20+/m1/s1. The Labute approximate surface area is 165 Å². The van der Waals surface area contributed by atoms with Crippen molar-refractivity contribution in [3.8, 4) is 0 Å². The fourth-order valence-electron chi connectivity index (χ4n) is 3.66. The largest absolute Gasteiger partial charge is 0.353 e. The van der Waals surface area contributed by atoms with Crippen molar-refractivity contribution in [2.45, 2.75) is 38.6 Å². The third-order valence-electron chi connectivity index (χ3n) is 5.47. The van der Waals surface area contributed by atoms with Crippen molar-refractivity contribution in [2.75, 3.05) is 13.1 Å². The van der Waals surface area contributed by atoms with Crippen LogP contribution in [0.15, 0.2) is 54.6 Å². The Morgan fingerprint density at radius 2 is 1.79 bits per heavy atom. The molecule has 0 unspecified atom stereocenters. The summed E-state index contributed by atoms with van der Waals surface area (Å²) in [7, 11) is 0. The van der Waals surface area contributed by atoms with E-state index in [9.17, 15) is 14.0 Å². The van der Waals surface area contributed by atoms with E-state index in [-0.39, 0.29) is 35.5 Å². The molecule has 1 fully saturated rings. The van der Waals surface area contributed by atoms with Gasteiger partial charge in [-0.3, -0.25) is 9.59 Å². The molecular weight excluding hydrogens is 355 g/mol. The molecule has 1 aliphatic heterocycles. The Morgan fingerprint density at radius 3 is 2.43 bits per heavy atom. The van der Waals surface area contributed by atoms with Gasteiger partial charge in [0.2, 0.25) is 5.91 Å². The minimum absolute atomic E-state index is 0.00751. The number of likely N-dealkylation sites (tertiary alicyclic amines) is 1. The molecule has 2 amide bonds. The van der Waals surface area contributed by atoms with Gasteiger partial charge in [0.05, 0.1) is 5.92 Å². The lowest BCUT2D eigenvalue weighted by molar-refractivity contribution is -0.127. The molecule has 1 aliphatic rings. The van der Waals surface area contributed by atoms with E-state index >= 15 is 0 Å². The molecule has 148 valence electrons. The van der Waals surface area contributed by atoms with E-state index in [1.54, 1.807) is 4.90 Å². The summed E-state index contributed by atoms with van der Waals surface area (Å²) in [4.78, 5) is 27.5. The summed E-state index contributed by atoms with van der Waals surface area (Å²) < 4.78 is 13.2. The molecule has 0 aromatic heterocycles. The van der Waals surface area contributed by atoms with Crippen molar-refractivity contribution >= 4 is 11.8 Å². The van der Waals surface area contributed by atoms with Gasteiger partial charge in [-0.1, -0.05) is 37.3 Å². The van der Waals surface area contributed by atoms with Crippen molar-refractivity contribution in [3.05, 3.63) is 71.5 Å². The van der Waals surface area contributed by atoms with Crippen LogP contribution in [-0.4, -0.2) is 35.8 Å². The molecule has 5 heteroatoms. The smallest absolute Gasteiger partial charge is 0.253 e. The average Bonchev–Trinajstić information content (AvgIpc) is 2.74. The Kier molecular flexibility index (Phi) is 6.45. The first-order valence-electron chi connectivity index (χ1n) is 9.88. The number of carbonyl (C=O) groups is 2. The molecule has 0 aliphatic carbocycles. The average molecular weight is 382 g/mol. The molecular formula is C23H27FN2O2. The van der Waals surface area contributed by atoms with E-state index < -0.39 is 0 Å². The molecule has 1 heterocycles. The minimum Gasteiger partial charge on any atom is -0.353 e. The van der Waals surface area contributed by atoms with Gasteiger partial charge < -0.3 is 10.2 Å². The van der Waals surface area contributed by atoms with Gasteiger partial charge in [-0.25, -0.2) is 4.39 Å². The Hall–Kier alpha value is -2.69. The van der Waals surface area contributed by atoms with Crippen molar-refractivity contribution in [2.24, 2.45) is 5.92 Å². The fourth-order valence-corrected chi connectivity index (χ4v) is 3.66. The summed E-state index contributed by atoms with van der Waals surface area (Å²) in [6, 6.07) is 15.7. The lowest BCUT2D eigenvalue weighted by atomic mass is 9.83. The van der Waals surface area contributed by atoms with Gasteiger partial charge in [0.25, 0.3) is 5.91 Å². The number of hydrogen-bond donors (Lipinski definition) is 1. The summed E-state index contributed by atoms with van der Waals surface area (Å²) in [6.07, 6.45) is 1.57. The summed E-state index contributed by atoms with van der Waals surface area (Å²) in [6.45, 7) is 4.94. The molecule has 1 N–H and O–H groups in total. The van der Waals surface area contributed by atoms with Crippen molar-refractivity contribution in [1.82, 2.24) is 10.2 Å². The van der Waals surface area contributed by atoms with Crippen LogP contribution in [0.4, 0.5) is 4.39 Å². The van der Waals surface area contributed by atoms with Crippen LogP contribution >= 0.6 is 0 Å². The van der Waals surface area contributed by atoms with Gasteiger partial charge in [-0.05, 0) is 49.6 Å². The Morgan fingerprint density at radius 1 is 1.11 bits per heavy atom. The molecule has 0 spiro atoms. The van der Waals surface area contributed by atoms with Crippen LogP contribution in [0.5, 0.6) is 0 Å². The third kappa shape index (κ3) is 4.77. The van der Waals surface area contributed by atoms with Gasteiger partial charge in [0.15, 0.2) is 0 Å². The monoisotopic (exact) mass is 382 g/mol. The second-order valence-corrected chi connectivity index (χ2v) is 7.58. The highest BCUT2D eigenvalue weighted by Gasteiger charge is 2.35. The zero-order chi connectivity index (χ0) is 20.1. The molecule has 0 saturated carbocycles. The van der Waals surface area contributed by atoms with Crippen LogP contribution in [0, 0.1) is 11.7 Å². The number of nitrogens with zero attached hydrogens (tertiary/aromatic N) is 1. The zero-order valence-electron chi connectivity index (χ0n) is 16.4. The molecule has 28 heavy (non-hydrogen) atoms. The molecule has 2 aromatic carbocycles. The van der Waals surface area contributed by atoms with Gasteiger partial charge in [-0.2, -0.15) is 0 Å². The number of nitrogens with one attached hydrogen (secondary N) is 1. The maximum absolute atomic E-state index is 13.2. The predicted octanol–water partition coefficient (Wildman–Crippen LogP) is 3.99. The van der Waals surface area contributed by atoms with E-state index in [1.165, 1.54) is 24.3 Å². The van der Waals surface area contributed by atoms with Crippen LogP contribution in [-0.2, 0) is 4.79 Å². The van der Waals surface area contributed by atoms with Crippen LogP contribution in [0.25, 0.3) is 0 Å². The first-order chi connectivity index (χ1) is 13.5. The minimum atomic E-state index is -0.372. The molecule has 4 nitrogen and oxygen atoms in total. The maximum Gasteiger partial charge on any atom is 0.253 e. The topological polar surface area (TPSA) is 49.4 Å². The van der Waals surface area contributed by atoms with Crippen molar-refractivity contribution in [3.63, 3.8) is 0 Å². The van der Waals surface area contributed by atoms with Crippen molar-refractivity contribution in [1.29, 1.82) is 0 Å². The molecule has 3 atom stereocenters. The quantitative estimate of drug-likeness (QED) is 0.850. The second-order valence-electron chi connectivity index (χ2n) is 7.58. The fraction of sp³-hybridized carbons (Fsp3) is 0.391. The third-order valence-corrected chi connectivity index (χ3v) is 5.47. The lowest BCUT2D eigenvalue weighted by Gasteiger charge is -2.38. The van der Waals surface area contributed by atoms with E-state index in [2.05, 4.69) is 5.32 Å². The van der Waals surface area contributed by atoms with Gasteiger partial charge in [-0.15, -0.1) is 0 Å². The van der Waals surface area contributed by atoms with Crippen LogP contribution in [0.3, 0.4) is 0 Å². The highest BCUT2D eigenvalue weighted by atomic mass is 19.1. The normalized spacial score (nSPS) is 20.5. The first-order valence-corrected chi connectivity index (χ1v) is 9.88. The first kappa shape index (κ1) is 20.1. The van der Waals surface area contributed by atoms with Gasteiger partial charge >= 0.3 is 0 Å². The predicted molar refractivity (Wildman–Crippen MR) is 107 cm³/mol. The molecule has 0 bridgehead atoms. The number of carbonyl (C=O) groups excluding carboxylic acids is 2. The van der Waals surface area contributed by atoms with Crippen LogP contribution in [0.1, 0.15) is 48.5 Å². The summed E-state index contributed by atoms with van der Waals surface area (Å²) in [5.74, 6) is -0.721. The molecule has 2 aromatic rings. The number of halogens is 1. The number of benzene rings is 2. The van der Waals surface area contributed by atoms with Crippen LogP contribution < -0.4 is 5.32 Å². The molecule has 0 radical (unpaired) electrons. The van der Waals surface area contributed by atoms with Crippen LogP contribution in [0.2, 0.25) is 0 Å². The van der Waals surface area contributed by atoms with E-state index in [4.69, 9.17) is 0 Å². The summed E-state index contributed by atoms with van der Waals surface area (Å²) in [5, 5.41) is 3.05. The highest BCUT2D eigenvalue weighted by molar-refractivity contribution is 5.94. The summed E-state index contributed by atoms with van der Waals surface area (Å²) >= 11 is 0. The molecule has 3 rings (SSSR count). The van der Waals surface area contributed by atoms with Gasteiger partial charge in [0.1, 0.15) is 5.82 Å². The number of rotatable bonds is 5. The number of piperidine rings is 1.